The lowest BCUT2D eigenvalue weighted by Gasteiger charge is -2.27. The molecule has 1 unspecified atom stereocenters. The number of halogens is 1. The number of alkyl halides is 1. The number of hydrogen-bond acceptors (Lipinski definition) is 9. The van der Waals surface area contributed by atoms with Crippen LogP contribution < -0.4 is 10.5 Å². The van der Waals surface area contributed by atoms with Gasteiger partial charge in [-0.15, -0.1) is 16.7 Å². The van der Waals surface area contributed by atoms with Crippen LogP contribution in [0, 0.1) is 13.8 Å². The number of benzene rings is 3. The number of anilines is 1. The minimum atomic E-state index is -4.17. The van der Waals surface area contributed by atoms with Crippen molar-refractivity contribution in [1.82, 2.24) is 19.3 Å². The average molecular weight is 654 g/mol. The third-order valence-corrected chi connectivity index (χ3v) is 9.31. The maximum Gasteiger partial charge on any atom is 0.388 e. The maximum atomic E-state index is 13.1. The van der Waals surface area contributed by atoms with Crippen molar-refractivity contribution in [3.8, 4) is 5.75 Å². The molecule has 0 aliphatic carbocycles. The topological polar surface area (TPSA) is 139 Å². The molecule has 45 heavy (non-hydrogen) atoms. The molecule has 0 spiro atoms. The number of para-hydroxylation sites is 2. The Morgan fingerprint density at radius 1 is 1.16 bits per heavy atom. The highest BCUT2D eigenvalue weighted by Crippen LogP contribution is 2.35. The summed E-state index contributed by atoms with van der Waals surface area (Å²) in [6.45, 7) is 6.66. The highest BCUT2D eigenvalue weighted by Gasteiger charge is 2.31. The van der Waals surface area contributed by atoms with E-state index in [1.54, 1.807) is 37.3 Å². The predicted molar refractivity (Wildman–Crippen MR) is 172 cm³/mol. The Bertz CT molecular complexity index is 1840. The van der Waals surface area contributed by atoms with Gasteiger partial charge in [-0.25, -0.2) is 4.68 Å². The van der Waals surface area contributed by atoms with Crippen LogP contribution in [0.25, 0.3) is 11.0 Å². The number of esters is 1. The second kappa shape index (κ2) is 13.9. The van der Waals surface area contributed by atoms with E-state index in [2.05, 4.69) is 10.3 Å². The summed E-state index contributed by atoms with van der Waals surface area (Å²) in [7, 11) is -4.17. The van der Waals surface area contributed by atoms with Crippen LogP contribution in [0.2, 0.25) is 0 Å². The van der Waals surface area contributed by atoms with E-state index in [9.17, 15) is 13.2 Å². The third-order valence-electron chi connectivity index (χ3n) is 7.75. The van der Waals surface area contributed by atoms with Gasteiger partial charge in [0.05, 0.1) is 24.2 Å². The number of fused-ring (bicyclic) bond motifs is 1. The zero-order chi connectivity index (χ0) is 32.1. The number of carbonyl (C=O) groups excluding carboxylic acids is 1. The monoisotopic (exact) mass is 653 g/mol. The largest absolute Gasteiger partial charge is 0.466 e. The molecule has 13 heteroatoms. The number of carbonyl (C=O) groups is 1. The fraction of sp³-hybridized carbons (Fsp3) is 0.344. The molecule has 0 saturated heterocycles. The van der Waals surface area contributed by atoms with Crippen LogP contribution in [0.4, 0.5) is 5.69 Å². The molecule has 238 valence electrons. The minimum absolute atomic E-state index is 0.0372. The van der Waals surface area contributed by atoms with Crippen LogP contribution in [-0.2, 0) is 37.1 Å². The first-order valence-corrected chi connectivity index (χ1v) is 16.6. The molecule has 0 amide bonds. The second-order valence-corrected chi connectivity index (χ2v) is 12.7. The fourth-order valence-corrected chi connectivity index (χ4v) is 6.43. The van der Waals surface area contributed by atoms with E-state index in [1.165, 1.54) is 4.31 Å². The van der Waals surface area contributed by atoms with Crippen molar-refractivity contribution in [1.29, 1.82) is 0 Å². The van der Waals surface area contributed by atoms with Crippen molar-refractivity contribution in [3.05, 3.63) is 94.4 Å². The summed E-state index contributed by atoms with van der Waals surface area (Å²) in [4.78, 5) is 12.8. The van der Waals surface area contributed by atoms with E-state index in [0.29, 0.717) is 23.9 Å². The molecule has 2 N–H and O–H groups in total. The number of aryl methyl sites for hydroxylation is 3. The molecule has 5 rings (SSSR count). The van der Waals surface area contributed by atoms with Crippen molar-refractivity contribution >= 4 is 44.6 Å². The Hall–Kier alpha value is -4.13. The van der Waals surface area contributed by atoms with Crippen LogP contribution in [0.5, 0.6) is 5.75 Å². The highest BCUT2D eigenvalue weighted by molar-refractivity contribution is 7.84. The molecule has 0 saturated carbocycles. The van der Waals surface area contributed by atoms with Crippen LogP contribution in [-0.4, -0.2) is 52.7 Å². The lowest BCUT2D eigenvalue weighted by molar-refractivity contribution is -0.143. The molecular formula is C32H36ClN5O6S. The summed E-state index contributed by atoms with van der Waals surface area (Å²) in [5.41, 5.74) is 12.2. The van der Waals surface area contributed by atoms with E-state index in [-0.39, 0.29) is 43.9 Å². The number of aromatic nitrogens is 3. The predicted octanol–water partition coefficient (Wildman–Crippen LogP) is 5.34. The van der Waals surface area contributed by atoms with Gasteiger partial charge in [0.25, 0.3) is 0 Å². The maximum absolute atomic E-state index is 13.1. The molecule has 4 aromatic rings. The number of ether oxygens (including phenoxy) is 2. The molecule has 1 aliphatic heterocycles. The number of nitrogen functional groups attached to an aromatic ring is 1. The number of nitrogens with zero attached hydrogens (tertiary/aromatic N) is 4. The smallest absolute Gasteiger partial charge is 0.388 e. The van der Waals surface area contributed by atoms with Gasteiger partial charge in [-0.2, -0.15) is 12.7 Å². The minimum Gasteiger partial charge on any atom is -0.466 e. The van der Waals surface area contributed by atoms with Crippen LogP contribution in [0.15, 0.2) is 66.6 Å². The Labute approximate surface area is 267 Å². The first-order chi connectivity index (χ1) is 21.6. The van der Waals surface area contributed by atoms with E-state index in [0.717, 1.165) is 45.3 Å². The van der Waals surface area contributed by atoms with Gasteiger partial charge >= 0.3 is 22.2 Å². The van der Waals surface area contributed by atoms with E-state index in [4.69, 9.17) is 31.0 Å². The zero-order valence-electron chi connectivity index (χ0n) is 25.4. The lowest BCUT2D eigenvalue weighted by atomic mass is 9.84. The molecule has 1 aliphatic rings. The number of nitrogens with two attached hydrogens (primary N) is 1. The van der Waals surface area contributed by atoms with Crippen LogP contribution >= 0.6 is 11.6 Å². The molecule has 0 fully saturated rings. The van der Waals surface area contributed by atoms with Crippen molar-refractivity contribution in [3.63, 3.8) is 0 Å². The van der Waals surface area contributed by atoms with Gasteiger partial charge in [0.15, 0.2) is 5.75 Å². The first kappa shape index (κ1) is 32.3. The fourth-order valence-electron chi connectivity index (χ4n) is 5.34. The standard InChI is InChI=1S/C32H36ClN5O6S/c1-4-42-30(39)19-26(25-12-13-28-32(22(25)3)35-36-38(28)16-7-15-33)23-11-10-21(2)24(18-23)20-37-17-14-31(44-45(37,40)41)43-29-9-6-5-8-27(29)34/h5-6,8-14,18,26H,4,7,15-17,19-20,34H2,1-3H3. The SMILES string of the molecule is CCOC(=O)CC(c1ccc(C)c(CN2CC=C(Oc3ccccc3N)OS2(=O)=O)c1)c1ccc2c(nnn2CCCCl)c1C. The molecule has 2 heterocycles. The molecule has 3 aromatic carbocycles. The summed E-state index contributed by atoms with van der Waals surface area (Å²) in [6.07, 6.45) is 2.41. The van der Waals surface area contributed by atoms with Crippen molar-refractivity contribution in [2.45, 2.75) is 52.6 Å². The van der Waals surface area contributed by atoms with E-state index >= 15 is 0 Å². The van der Waals surface area contributed by atoms with Gasteiger partial charge in [0, 0.05) is 37.5 Å². The lowest BCUT2D eigenvalue weighted by Crippen LogP contribution is -2.36. The second-order valence-electron chi connectivity index (χ2n) is 10.7. The highest BCUT2D eigenvalue weighted by atomic mass is 35.5. The Morgan fingerprint density at radius 3 is 2.69 bits per heavy atom. The van der Waals surface area contributed by atoms with Gasteiger partial charge < -0.3 is 19.4 Å². The van der Waals surface area contributed by atoms with Crippen LogP contribution in [0.3, 0.4) is 0 Å². The summed E-state index contributed by atoms with van der Waals surface area (Å²) in [5.74, 6) is -0.0383. The third kappa shape index (κ3) is 7.24. The van der Waals surface area contributed by atoms with Crippen molar-refractivity contribution < 1.29 is 26.9 Å². The summed E-state index contributed by atoms with van der Waals surface area (Å²) < 4.78 is 45.6. The van der Waals surface area contributed by atoms with E-state index < -0.39 is 10.3 Å². The average Bonchev–Trinajstić information content (AvgIpc) is 3.42. The Balaban J connectivity index is 1.45. The van der Waals surface area contributed by atoms with Gasteiger partial charge in [-0.1, -0.05) is 41.6 Å². The van der Waals surface area contributed by atoms with Gasteiger partial charge in [0.2, 0.25) is 0 Å². The normalized spacial score (nSPS) is 15.3. The molecule has 0 bridgehead atoms. The quantitative estimate of drug-likeness (QED) is 0.122. The summed E-state index contributed by atoms with van der Waals surface area (Å²) >= 11 is 5.89. The summed E-state index contributed by atoms with van der Waals surface area (Å²) in [5, 5.41) is 8.75. The van der Waals surface area contributed by atoms with E-state index in [1.807, 2.05) is 48.9 Å². The van der Waals surface area contributed by atoms with Gasteiger partial charge in [-0.3, -0.25) is 4.79 Å². The van der Waals surface area contributed by atoms with Gasteiger partial charge in [0.1, 0.15) is 5.52 Å². The molecule has 1 aromatic heterocycles. The zero-order valence-corrected chi connectivity index (χ0v) is 27.0. The summed E-state index contributed by atoms with van der Waals surface area (Å²) in [6, 6.07) is 16.5. The molecule has 11 nitrogen and oxygen atoms in total. The molecular weight excluding hydrogens is 618 g/mol. The molecule has 1 atom stereocenters. The van der Waals surface area contributed by atoms with Gasteiger partial charge in [-0.05, 0) is 73.2 Å². The first-order valence-electron chi connectivity index (χ1n) is 14.7. The number of rotatable bonds is 12. The Kier molecular flexibility index (Phi) is 9.96. The number of hydrogen-bond donors (Lipinski definition) is 1. The Morgan fingerprint density at radius 2 is 1.96 bits per heavy atom. The molecule has 0 radical (unpaired) electrons. The van der Waals surface area contributed by atoms with Crippen molar-refractivity contribution in [2.75, 3.05) is 24.8 Å². The van der Waals surface area contributed by atoms with Crippen LogP contribution in [0.1, 0.15) is 53.5 Å². The van der Waals surface area contributed by atoms with Crippen molar-refractivity contribution in [2.24, 2.45) is 0 Å².